The fourth-order valence-electron chi connectivity index (χ4n) is 11.8. The van der Waals surface area contributed by atoms with Gasteiger partial charge in [0.05, 0.1) is 26.4 Å². The number of carbonyl (C=O) groups excluding carboxylic acids is 4. The van der Waals surface area contributed by atoms with Gasteiger partial charge in [0.25, 0.3) is 0 Å². The molecule has 0 heterocycles. The zero-order valence-corrected chi connectivity index (χ0v) is 65.5. The van der Waals surface area contributed by atoms with Gasteiger partial charge in [-0.2, -0.15) is 0 Å². The summed E-state index contributed by atoms with van der Waals surface area (Å²) in [6.07, 6.45) is 52.8. The fraction of sp³-hybridized carbons (Fsp3) is 0.949. The summed E-state index contributed by atoms with van der Waals surface area (Å²) in [6, 6.07) is 0. The second-order valence-electron chi connectivity index (χ2n) is 29.5. The summed E-state index contributed by atoms with van der Waals surface area (Å²) in [5.74, 6) is 0.984. The molecule has 97 heavy (non-hydrogen) atoms. The van der Waals surface area contributed by atoms with Crippen molar-refractivity contribution in [3.05, 3.63) is 0 Å². The van der Waals surface area contributed by atoms with Crippen LogP contribution in [0.3, 0.4) is 0 Å². The Morgan fingerprint density at radius 2 is 0.495 bits per heavy atom. The molecule has 0 aliphatic rings. The first-order valence-electron chi connectivity index (χ1n) is 40.3. The predicted molar refractivity (Wildman–Crippen MR) is 395 cm³/mol. The Bertz CT molecular complexity index is 1910. The van der Waals surface area contributed by atoms with Crippen LogP contribution in [0.1, 0.15) is 396 Å². The van der Waals surface area contributed by atoms with Gasteiger partial charge >= 0.3 is 39.5 Å². The van der Waals surface area contributed by atoms with Crippen molar-refractivity contribution in [2.45, 2.75) is 414 Å². The number of carbonyl (C=O) groups is 4. The van der Waals surface area contributed by atoms with Crippen LogP contribution in [0, 0.1) is 23.7 Å². The largest absolute Gasteiger partial charge is 0.472 e. The highest BCUT2D eigenvalue weighted by atomic mass is 31.2. The fourth-order valence-corrected chi connectivity index (χ4v) is 13.4. The molecular weight excluding hydrogens is 1270 g/mol. The minimum atomic E-state index is -4.96. The molecule has 0 bridgehead atoms. The van der Waals surface area contributed by atoms with Crippen molar-refractivity contribution in [3.63, 3.8) is 0 Å². The van der Waals surface area contributed by atoms with E-state index in [0.717, 1.165) is 114 Å². The molecule has 19 heteroatoms. The van der Waals surface area contributed by atoms with Gasteiger partial charge in [0.15, 0.2) is 12.2 Å². The molecule has 7 atom stereocenters. The lowest BCUT2D eigenvalue weighted by molar-refractivity contribution is -0.161. The molecule has 0 aromatic carbocycles. The van der Waals surface area contributed by atoms with Crippen LogP contribution >= 0.6 is 15.6 Å². The van der Waals surface area contributed by atoms with Crippen molar-refractivity contribution in [1.82, 2.24) is 0 Å². The highest BCUT2D eigenvalue weighted by Crippen LogP contribution is 2.45. The summed E-state index contributed by atoms with van der Waals surface area (Å²) in [5.41, 5.74) is 0. The smallest absolute Gasteiger partial charge is 0.462 e. The summed E-state index contributed by atoms with van der Waals surface area (Å²) in [6.45, 7) is 14.2. The van der Waals surface area contributed by atoms with Crippen molar-refractivity contribution < 1.29 is 80.2 Å². The minimum Gasteiger partial charge on any atom is -0.462 e. The number of phosphoric ester groups is 2. The average molecular weight is 1420 g/mol. The van der Waals surface area contributed by atoms with E-state index in [9.17, 15) is 43.2 Å². The first-order chi connectivity index (χ1) is 46.7. The first kappa shape index (κ1) is 95.1. The standard InChI is InChI=1S/C78H152O17P2/c1-9-70(7)56-48-40-32-23-19-17-15-13-11-12-14-16-18-20-25-35-44-52-60-77(82)95-74(65-89-76(81)59-51-43-37-29-31-39-47-55-69(5)6)67-93-97(86,87)91-63-72(79)62-90-96(84,85)92-66-73(64-88-75(80)58-50-42-34-28-27-30-38-46-54-68(3)4)94-78(83)61-53-45-36-26-22-21-24-33-41-49-57-71(8)10-2/h68-74,79H,9-67H2,1-8H3,(H,84,85)(H,86,87)/t70?,71?,72?,73-,74-/m1/s1. The zero-order chi connectivity index (χ0) is 71.7. The van der Waals surface area contributed by atoms with E-state index in [1.54, 1.807) is 0 Å². The van der Waals surface area contributed by atoms with E-state index in [-0.39, 0.29) is 25.7 Å². The molecule has 0 amide bonds. The van der Waals surface area contributed by atoms with Crippen LogP contribution < -0.4 is 0 Å². The van der Waals surface area contributed by atoms with Gasteiger partial charge in [0, 0.05) is 25.7 Å². The Morgan fingerprint density at radius 1 is 0.289 bits per heavy atom. The lowest BCUT2D eigenvalue weighted by Crippen LogP contribution is -2.30. The summed E-state index contributed by atoms with van der Waals surface area (Å²) < 4.78 is 68.5. The van der Waals surface area contributed by atoms with E-state index in [0.29, 0.717) is 31.6 Å². The van der Waals surface area contributed by atoms with Gasteiger partial charge in [0.2, 0.25) is 0 Å². The molecule has 0 aliphatic carbocycles. The van der Waals surface area contributed by atoms with E-state index >= 15 is 0 Å². The third-order valence-corrected chi connectivity index (χ3v) is 20.7. The van der Waals surface area contributed by atoms with Crippen molar-refractivity contribution in [2.24, 2.45) is 23.7 Å². The van der Waals surface area contributed by atoms with Crippen LogP contribution in [0.4, 0.5) is 0 Å². The lowest BCUT2D eigenvalue weighted by Gasteiger charge is -2.21. The maximum absolute atomic E-state index is 13.1. The Labute approximate surface area is 594 Å². The highest BCUT2D eigenvalue weighted by molar-refractivity contribution is 7.47. The number of aliphatic hydroxyl groups is 1. The Balaban J connectivity index is 5.18. The SMILES string of the molecule is CCC(C)CCCCCCCCCCCCCCCCCCCCC(=O)O[C@H](COC(=O)CCCCCCCCCC(C)C)COP(=O)(O)OCC(O)COP(=O)(O)OC[C@@H](COC(=O)CCCCCCCCCCC(C)C)OC(=O)CCCCCCCCCCCCC(C)CC. The number of aliphatic hydroxyl groups excluding tert-OH is 1. The second kappa shape index (κ2) is 67.2. The van der Waals surface area contributed by atoms with E-state index in [4.69, 9.17) is 37.0 Å². The Hall–Kier alpha value is -1.94. The van der Waals surface area contributed by atoms with E-state index in [1.807, 2.05) is 0 Å². The van der Waals surface area contributed by atoms with E-state index < -0.39 is 97.5 Å². The molecule has 0 saturated carbocycles. The summed E-state index contributed by atoms with van der Waals surface area (Å²) in [7, 11) is -9.91. The number of esters is 4. The van der Waals surface area contributed by atoms with Crippen molar-refractivity contribution >= 4 is 39.5 Å². The molecule has 0 rings (SSSR count). The van der Waals surface area contributed by atoms with Crippen LogP contribution in [-0.2, 0) is 65.4 Å². The monoisotopic (exact) mass is 1420 g/mol. The predicted octanol–water partition coefficient (Wildman–Crippen LogP) is 22.8. The third-order valence-electron chi connectivity index (χ3n) is 18.8. The minimum absolute atomic E-state index is 0.105. The summed E-state index contributed by atoms with van der Waals surface area (Å²) >= 11 is 0. The average Bonchev–Trinajstić information content (AvgIpc) is 1.93. The van der Waals surface area contributed by atoms with Crippen molar-refractivity contribution in [1.29, 1.82) is 0 Å². The number of hydrogen-bond donors (Lipinski definition) is 3. The van der Waals surface area contributed by atoms with Gasteiger partial charge in [-0.1, -0.05) is 344 Å². The maximum atomic E-state index is 13.1. The van der Waals surface area contributed by atoms with Crippen LogP contribution in [0.5, 0.6) is 0 Å². The van der Waals surface area contributed by atoms with Gasteiger partial charge < -0.3 is 33.8 Å². The summed E-state index contributed by atoms with van der Waals surface area (Å²) in [5, 5.41) is 10.6. The maximum Gasteiger partial charge on any atom is 0.472 e. The molecule has 5 unspecified atom stereocenters. The number of hydrogen-bond acceptors (Lipinski definition) is 15. The Morgan fingerprint density at radius 3 is 0.732 bits per heavy atom. The molecule has 0 spiro atoms. The van der Waals surface area contributed by atoms with Gasteiger partial charge in [-0.25, -0.2) is 9.13 Å². The van der Waals surface area contributed by atoms with Gasteiger partial charge in [0.1, 0.15) is 19.3 Å². The van der Waals surface area contributed by atoms with Gasteiger partial charge in [-0.15, -0.1) is 0 Å². The topological polar surface area (TPSA) is 237 Å². The molecule has 0 aromatic heterocycles. The second-order valence-corrected chi connectivity index (χ2v) is 32.4. The molecule has 0 fully saturated rings. The van der Waals surface area contributed by atoms with Crippen LogP contribution in [0.25, 0.3) is 0 Å². The van der Waals surface area contributed by atoms with Crippen LogP contribution in [0.2, 0.25) is 0 Å². The zero-order valence-electron chi connectivity index (χ0n) is 63.7. The molecule has 3 N–H and O–H groups in total. The van der Waals surface area contributed by atoms with Gasteiger partial charge in [-0.3, -0.25) is 37.3 Å². The molecular formula is C78H152O17P2. The molecule has 0 radical (unpaired) electrons. The number of rotatable bonds is 75. The first-order valence-corrected chi connectivity index (χ1v) is 43.3. The number of ether oxygens (including phenoxy) is 4. The third kappa shape index (κ3) is 69.5. The number of unbranched alkanes of at least 4 members (excludes halogenated alkanes) is 39. The molecule has 0 aromatic rings. The summed E-state index contributed by atoms with van der Waals surface area (Å²) in [4.78, 5) is 72.8. The van der Waals surface area contributed by atoms with Gasteiger partial charge in [-0.05, 0) is 49.4 Å². The molecule has 0 saturated heterocycles. The van der Waals surface area contributed by atoms with Crippen molar-refractivity contribution in [2.75, 3.05) is 39.6 Å². The lowest BCUT2D eigenvalue weighted by atomic mass is 9.99. The molecule has 17 nitrogen and oxygen atoms in total. The van der Waals surface area contributed by atoms with Crippen molar-refractivity contribution in [3.8, 4) is 0 Å². The molecule has 576 valence electrons. The van der Waals surface area contributed by atoms with Crippen LogP contribution in [0.15, 0.2) is 0 Å². The highest BCUT2D eigenvalue weighted by Gasteiger charge is 2.30. The molecule has 0 aliphatic heterocycles. The van der Waals surface area contributed by atoms with E-state index in [2.05, 4.69) is 55.4 Å². The van der Waals surface area contributed by atoms with E-state index in [1.165, 1.54) is 193 Å². The number of phosphoric acid groups is 2. The quantitative estimate of drug-likeness (QED) is 0.0222. The van der Waals surface area contributed by atoms with Crippen LogP contribution in [-0.4, -0.2) is 96.7 Å². The Kier molecular flexibility index (Phi) is 65.9. The normalized spacial score (nSPS) is 14.6.